The average Bonchev–Trinajstić information content (AvgIpc) is 3.55. The van der Waals surface area contributed by atoms with Crippen LogP contribution in [0.2, 0.25) is 0 Å². The highest BCUT2D eigenvalue weighted by atomic mass is 16.6. The summed E-state index contributed by atoms with van der Waals surface area (Å²) in [5.74, 6) is 1.32. The molecule has 0 bridgehead atoms. The molecule has 0 saturated carbocycles. The van der Waals surface area contributed by atoms with E-state index in [1.807, 2.05) is 60.7 Å². The van der Waals surface area contributed by atoms with Gasteiger partial charge in [0.1, 0.15) is 28.7 Å². The van der Waals surface area contributed by atoms with E-state index in [4.69, 9.17) is 14.0 Å². The summed E-state index contributed by atoms with van der Waals surface area (Å²) in [6.07, 6.45) is 3.83. The van der Waals surface area contributed by atoms with Crippen molar-refractivity contribution >= 4 is 22.8 Å². The number of furan rings is 1. The molecule has 5 aromatic rings. The number of hydrogen-bond acceptors (Lipinski definition) is 7. The molecule has 31 heavy (non-hydrogen) atoms. The largest absolute Gasteiger partial charge is 0.469 e. The molecule has 2 aromatic carbocycles. The number of carbonyl (C=O) groups excluding carboxylic acids is 1. The molecular weight excluding hydrogens is 394 g/mol. The van der Waals surface area contributed by atoms with Crippen molar-refractivity contribution in [3.05, 3.63) is 78.9 Å². The number of fused-ring (bicyclic) bond motifs is 2. The van der Waals surface area contributed by atoms with Crippen LogP contribution in [0.5, 0.6) is 0 Å². The van der Waals surface area contributed by atoms with Gasteiger partial charge in [0.05, 0.1) is 12.7 Å². The van der Waals surface area contributed by atoms with Gasteiger partial charge in [0, 0.05) is 11.1 Å². The number of rotatable bonds is 4. The minimum atomic E-state index is -0.449. The summed E-state index contributed by atoms with van der Waals surface area (Å²) in [5, 5.41) is 11.1. The Labute approximate surface area is 176 Å². The van der Waals surface area contributed by atoms with Crippen LogP contribution >= 0.6 is 0 Å². The summed E-state index contributed by atoms with van der Waals surface area (Å²) in [6, 6.07) is 18.6. The number of nitrogens with zero attached hydrogens (tertiary/aromatic N) is 4. The normalized spacial score (nSPS) is 15.2. The quantitative estimate of drug-likeness (QED) is 0.453. The molecule has 1 aliphatic rings. The lowest BCUT2D eigenvalue weighted by Crippen LogP contribution is -2.43. The van der Waals surface area contributed by atoms with Crippen LogP contribution in [0.25, 0.3) is 33.5 Å². The minimum Gasteiger partial charge on any atom is -0.469 e. The van der Waals surface area contributed by atoms with Gasteiger partial charge in [0.25, 0.3) is 0 Å². The first kappa shape index (κ1) is 17.5. The molecule has 1 atom stereocenters. The van der Waals surface area contributed by atoms with E-state index in [1.54, 1.807) is 17.0 Å². The van der Waals surface area contributed by atoms with Crippen LogP contribution in [0.15, 0.2) is 82.2 Å². The molecule has 0 radical (unpaired) electrons. The molecular formula is C23H16N5O3+. The number of carbonyl (C=O) groups is 1. The Balaban J connectivity index is 1.51. The third-order valence-corrected chi connectivity index (χ3v) is 5.38. The van der Waals surface area contributed by atoms with Crippen LogP contribution in [0, 0.1) is 0 Å². The Bertz CT molecular complexity index is 1410. The number of hydrogen-bond donors (Lipinski definition) is 1. The van der Waals surface area contributed by atoms with Gasteiger partial charge in [-0.25, -0.2) is 14.4 Å². The predicted octanol–water partition coefficient (Wildman–Crippen LogP) is 3.51. The molecule has 6 rings (SSSR count). The van der Waals surface area contributed by atoms with E-state index in [9.17, 15) is 4.79 Å². The monoisotopic (exact) mass is 410 g/mol. The number of benzene rings is 2. The SMILES string of the molecule is O=C1C(Cc2ccco2)Nc2c(-c3ccc4nonc4c3)nc(-c3ccccc3)c[n+]21. The van der Waals surface area contributed by atoms with Crippen molar-refractivity contribution in [3.8, 4) is 22.5 Å². The maximum atomic E-state index is 13.3. The Morgan fingerprint density at radius 3 is 2.68 bits per heavy atom. The summed E-state index contributed by atoms with van der Waals surface area (Å²) in [7, 11) is 0. The van der Waals surface area contributed by atoms with Crippen LogP contribution in [-0.4, -0.2) is 27.2 Å². The minimum absolute atomic E-state index is 0.0589. The first-order valence-corrected chi connectivity index (χ1v) is 9.84. The van der Waals surface area contributed by atoms with Gasteiger partial charge in [0.15, 0.2) is 5.69 Å². The Morgan fingerprint density at radius 2 is 1.84 bits per heavy atom. The van der Waals surface area contributed by atoms with E-state index >= 15 is 0 Å². The van der Waals surface area contributed by atoms with Gasteiger partial charge in [-0.05, 0) is 34.6 Å². The topological polar surface area (TPSA) is 97.9 Å². The predicted molar refractivity (Wildman–Crippen MR) is 111 cm³/mol. The number of anilines is 1. The molecule has 1 aliphatic heterocycles. The van der Waals surface area contributed by atoms with Crippen LogP contribution in [0.3, 0.4) is 0 Å². The van der Waals surface area contributed by atoms with Gasteiger partial charge in [-0.15, -0.1) is 0 Å². The fourth-order valence-corrected chi connectivity index (χ4v) is 3.86. The van der Waals surface area contributed by atoms with E-state index < -0.39 is 6.04 Å². The van der Waals surface area contributed by atoms with Crippen molar-refractivity contribution in [2.75, 3.05) is 5.32 Å². The highest BCUT2D eigenvalue weighted by molar-refractivity contribution is 5.88. The summed E-state index contributed by atoms with van der Waals surface area (Å²) in [5.41, 5.74) is 4.37. The van der Waals surface area contributed by atoms with Crippen molar-refractivity contribution in [1.29, 1.82) is 0 Å². The lowest BCUT2D eigenvalue weighted by atomic mass is 10.1. The molecule has 1 N–H and O–H groups in total. The summed E-state index contributed by atoms with van der Waals surface area (Å²) in [4.78, 5) is 18.2. The van der Waals surface area contributed by atoms with Crippen molar-refractivity contribution in [2.24, 2.45) is 0 Å². The zero-order valence-electron chi connectivity index (χ0n) is 16.2. The van der Waals surface area contributed by atoms with Crippen LogP contribution in [-0.2, 0) is 6.42 Å². The van der Waals surface area contributed by atoms with Crippen molar-refractivity contribution in [2.45, 2.75) is 12.5 Å². The number of nitrogens with one attached hydrogen (secondary N) is 1. The van der Waals surface area contributed by atoms with E-state index in [0.717, 1.165) is 16.9 Å². The van der Waals surface area contributed by atoms with E-state index in [2.05, 4.69) is 15.6 Å². The van der Waals surface area contributed by atoms with Gasteiger partial charge in [-0.2, -0.15) is 4.57 Å². The van der Waals surface area contributed by atoms with Gasteiger partial charge in [0.2, 0.25) is 6.04 Å². The van der Waals surface area contributed by atoms with Gasteiger partial charge in [-0.1, -0.05) is 36.4 Å². The molecule has 8 heteroatoms. The summed E-state index contributed by atoms with van der Waals surface area (Å²) in [6.45, 7) is 0. The second kappa shape index (κ2) is 6.88. The molecule has 8 nitrogen and oxygen atoms in total. The summed E-state index contributed by atoms with van der Waals surface area (Å²) < 4.78 is 11.9. The molecule has 4 heterocycles. The Kier molecular flexibility index (Phi) is 3.89. The maximum Gasteiger partial charge on any atom is 0.359 e. The molecule has 0 fully saturated rings. The second-order valence-corrected chi connectivity index (χ2v) is 7.35. The highest BCUT2D eigenvalue weighted by Gasteiger charge is 2.42. The number of aromatic nitrogens is 4. The zero-order valence-corrected chi connectivity index (χ0v) is 16.2. The van der Waals surface area contributed by atoms with E-state index in [-0.39, 0.29) is 5.91 Å². The standard InChI is InChI=1S/C23H15N5O3/c29-23-19(12-16-7-4-10-30-16)25-22-21(15-8-9-17-18(11-15)27-31-26-17)24-20(13-28(22)23)14-5-2-1-3-6-14/h1-11,13,19H,12H2/p+1. The van der Waals surface area contributed by atoms with E-state index in [1.165, 1.54) is 0 Å². The highest BCUT2D eigenvalue weighted by Crippen LogP contribution is 2.31. The Morgan fingerprint density at radius 1 is 0.968 bits per heavy atom. The van der Waals surface area contributed by atoms with Gasteiger partial charge in [-0.3, -0.25) is 5.32 Å². The Hall–Kier alpha value is -4.33. The van der Waals surface area contributed by atoms with Crippen molar-refractivity contribution in [3.63, 3.8) is 0 Å². The zero-order chi connectivity index (χ0) is 20.8. The van der Waals surface area contributed by atoms with Gasteiger partial charge < -0.3 is 4.42 Å². The van der Waals surface area contributed by atoms with Crippen molar-refractivity contribution < 1.29 is 18.4 Å². The van der Waals surface area contributed by atoms with Crippen LogP contribution in [0.1, 0.15) is 10.6 Å². The van der Waals surface area contributed by atoms with Crippen LogP contribution < -0.4 is 9.88 Å². The smallest absolute Gasteiger partial charge is 0.359 e. The maximum absolute atomic E-state index is 13.3. The molecule has 150 valence electrons. The molecule has 0 amide bonds. The third kappa shape index (κ3) is 2.96. The fraction of sp³-hybridized carbons (Fsp3) is 0.0870. The third-order valence-electron chi connectivity index (χ3n) is 5.38. The first-order valence-electron chi connectivity index (χ1n) is 9.84. The lowest BCUT2D eigenvalue weighted by molar-refractivity contribution is -0.551. The molecule has 0 aliphatic carbocycles. The molecule has 1 unspecified atom stereocenters. The molecule has 0 saturated heterocycles. The first-order chi connectivity index (χ1) is 15.3. The fourth-order valence-electron chi connectivity index (χ4n) is 3.86. The second-order valence-electron chi connectivity index (χ2n) is 7.35. The van der Waals surface area contributed by atoms with E-state index in [0.29, 0.717) is 34.7 Å². The van der Waals surface area contributed by atoms with Crippen LogP contribution in [0.4, 0.5) is 5.82 Å². The molecule has 0 spiro atoms. The van der Waals surface area contributed by atoms with Gasteiger partial charge >= 0.3 is 11.7 Å². The molecule has 3 aromatic heterocycles. The lowest BCUT2D eigenvalue weighted by Gasteiger charge is -2.07. The van der Waals surface area contributed by atoms with Crippen molar-refractivity contribution in [1.82, 2.24) is 15.3 Å². The average molecular weight is 410 g/mol. The summed E-state index contributed by atoms with van der Waals surface area (Å²) >= 11 is 0.